The zero-order chi connectivity index (χ0) is 11.8. The van der Waals surface area contributed by atoms with Crippen LogP contribution in [0.5, 0.6) is 0 Å². The van der Waals surface area contributed by atoms with Crippen molar-refractivity contribution in [2.24, 2.45) is 0 Å². The number of likely N-dealkylation sites (N-methyl/N-ethyl adjacent to an activating group) is 1. The summed E-state index contributed by atoms with van der Waals surface area (Å²) in [6.07, 6.45) is 4.87. The predicted octanol–water partition coefficient (Wildman–Crippen LogP) is 0.889. The molecule has 2 aliphatic rings. The summed E-state index contributed by atoms with van der Waals surface area (Å²) in [5, 5.41) is 3.46. The highest BCUT2D eigenvalue weighted by molar-refractivity contribution is 5.83. The summed E-state index contributed by atoms with van der Waals surface area (Å²) in [6, 6.07) is 4.35. The number of carbonyl (C=O) groups is 1. The Hall–Kier alpha value is -1.42. The second-order valence-corrected chi connectivity index (χ2v) is 4.91. The van der Waals surface area contributed by atoms with E-state index >= 15 is 0 Å². The molecule has 0 bridgehead atoms. The molecular formula is C13H17N3O. The molecule has 1 amide bonds. The molecule has 1 N–H and O–H groups in total. The number of fused-ring (bicyclic) bond motifs is 1. The van der Waals surface area contributed by atoms with Crippen LogP contribution in [0, 0.1) is 0 Å². The third-order valence-corrected chi connectivity index (χ3v) is 3.79. The van der Waals surface area contributed by atoms with Gasteiger partial charge in [0.1, 0.15) is 0 Å². The van der Waals surface area contributed by atoms with Crippen LogP contribution in [0.4, 0.5) is 0 Å². The maximum atomic E-state index is 11.8. The highest BCUT2D eigenvalue weighted by atomic mass is 16.2. The van der Waals surface area contributed by atoms with Crippen LogP contribution in [0.3, 0.4) is 0 Å². The van der Waals surface area contributed by atoms with E-state index in [9.17, 15) is 4.79 Å². The smallest absolute Gasteiger partial charge is 0.239 e. The molecule has 1 fully saturated rings. The summed E-state index contributed by atoms with van der Waals surface area (Å²) in [6.45, 7) is 0.859. The van der Waals surface area contributed by atoms with Crippen molar-refractivity contribution >= 4 is 5.91 Å². The molecule has 90 valence electrons. The highest BCUT2D eigenvalue weighted by Gasteiger charge is 2.33. The summed E-state index contributed by atoms with van der Waals surface area (Å²) in [5.41, 5.74) is 2.46. The molecule has 0 spiro atoms. The monoisotopic (exact) mass is 231 g/mol. The Labute approximate surface area is 101 Å². The molecule has 4 nitrogen and oxygen atoms in total. The molecule has 1 aromatic heterocycles. The number of aryl methyl sites for hydroxylation is 1. The van der Waals surface area contributed by atoms with Crippen LogP contribution in [-0.2, 0) is 11.2 Å². The fourth-order valence-corrected chi connectivity index (χ4v) is 2.79. The van der Waals surface area contributed by atoms with Crippen molar-refractivity contribution in [2.75, 3.05) is 13.6 Å². The number of nitrogens with zero attached hydrogens (tertiary/aromatic N) is 2. The van der Waals surface area contributed by atoms with E-state index in [0.717, 1.165) is 31.5 Å². The Morgan fingerprint density at radius 2 is 2.29 bits per heavy atom. The van der Waals surface area contributed by atoms with Crippen LogP contribution in [0.2, 0.25) is 0 Å². The third-order valence-electron chi connectivity index (χ3n) is 3.79. The standard InChI is InChI=1S/C13H17N3O/c1-16-8-6-11(13(16)17)15-10-5-4-9-3-2-7-14-12(9)10/h2-3,7,10-11,15H,4-6,8H2,1H3. The van der Waals surface area contributed by atoms with Crippen molar-refractivity contribution < 1.29 is 4.79 Å². The second-order valence-electron chi connectivity index (χ2n) is 4.91. The molecule has 2 heterocycles. The van der Waals surface area contributed by atoms with E-state index in [1.165, 1.54) is 5.56 Å². The van der Waals surface area contributed by atoms with E-state index in [1.54, 1.807) is 4.90 Å². The molecule has 2 unspecified atom stereocenters. The quantitative estimate of drug-likeness (QED) is 0.822. The molecule has 1 saturated heterocycles. The Morgan fingerprint density at radius 3 is 3.06 bits per heavy atom. The topological polar surface area (TPSA) is 45.2 Å². The lowest BCUT2D eigenvalue weighted by Crippen LogP contribution is -2.38. The lowest BCUT2D eigenvalue weighted by Gasteiger charge is -2.18. The van der Waals surface area contributed by atoms with E-state index in [1.807, 2.05) is 19.3 Å². The van der Waals surface area contributed by atoms with Crippen LogP contribution in [0.1, 0.15) is 30.1 Å². The predicted molar refractivity (Wildman–Crippen MR) is 64.5 cm³/mol. The van der Waals surface area contributed by atoms with Gasteiger partial charge in [-0.25, -0.2) is 0 Å². The number of rotatable bonds is 2. The lowest BCUT2D eigenvalue weighted by atomic mass is 10.1. The van der Waals surface area contributed by atoms with Gasteiger partial charge in [0, 0.05) is 19.8 Å². The summed E-state index contributed by atoms with van der Waals surface area (Å²) in [5.74, 6) is 0.217. The van der Waals surface area contributed by atoms with Crippen molar-refractivity contribution in [3.63, 3.8) is 0 Å². The van der Waals surface area contributed by atoms with Gasteiger partial charge >= 0.3 is 0 Å². The number of pyridine rings is 1. The van der Waals surface area contributed by atoms with Gasteiger partial charge in [-0.2, -0.15) is 0 Å². The number of hydrogen-bond acceptors (Lipinski definition) is 3. The summed E-state index contributed by atoms with van der Waals surface area (Å²) < 4.78 is 0. The van der Waals surface area contributed by atoms with Crippen LogP contribution in [-0.4, -0.2) is 35.4 Å². The van der Waals surface area contributed by atoms with E-state index in [0.29, 0.717) is 0 Å². The van der Waals surface area contributed by atoms with Crippen LogP contribution < -0.4 is 5.32 Å². The number of nitrogens with one attached hydrogen (secondary N) is 1. The first-order valence-corrected chi connectivity index (χ1v) is 6.20. The maximum Gasteiger partial charge on any atom is 0.239 e. The van der Waals surface area contributed by atoms with Crippen molar-refractivity contribution in [1.29, 1.82) is 0 Å². The number of aromatic nitrogens is 1. The average Bonchev–Trinajstić information content (AvgIpc) is 2.89. The lowest BCUT2D eigenvalue weighted by molar-refractivity contribution is -0.128. The summed E-state index contributed by atoms with van der Waals surface area (Å²) in [7, 11) is 1.87. The Balaban J connectivity index is 1.74. The normalized spacial score (nSPS) is 27.6. The van der Waals surface area contributed by atoms with Gasteiger partial charge in [0.05, 0.1) is 17.8 Å². The first-order valence-electron chi connectivity index (χ1n) is 6.20. The molecule has 0 saturated carbocycles. The van der Waals surface area contributed by atoms with Gasteiger partial charge in [-0.3, -0.25) is 15.1 Å². The first-order chi connectivity index (χ1) is 8.25. The van der Waals surface area contributed by atoms with Gasteiger partial charge < -0.3 is 4.90 Å². The Morgan fingerprint density at radius 1 is 1.41 bits per heavy atom. The molecule has 2 atom stereocenters. The fraction of sp³-hybridized carbons (Fsp3) is 0.538. The number of likely N-dealkylation sites (tertiary alicyclic amines) is 1. The molecule has 4 heteroatoms. The zero-order valence-corrected chi connectivity index (χ0v) is 10.0. The van der Waals surface area contributed by atoms with Crippen molar-refractivity contribution in [3.8, 4) is 0 Å². The van der Waals surface area contributed by atoms with Gasteiger partial charge in [-0.1, -0.05) is 6.07 Å². The van der Waals surface area contributed by atoms with Crippen molar-refractivity contribution in [3.05, 3.63) is 29.6 Å². The average molecular weight is 231 g/mol. The second kappa shape index (κ2) is 4.11. The number of amides is 1. The fourth-order valence-electron chi connectivity index (χ4n) is 2.79. The first kappa shape index (κ1) is 10.7. The Bertz CT molecular complexity index is 446. The minimum absolute atomic E-state index is 0.0158. The van der Waals surface area contributed by atoms with Crippen molar-refractivity contribution in [2.45, 2.75) is 31.3 Å². The van der Waals surface area contributed by atoms with Crippen molar-refractivity contribution in [1.82, 2.24) is 15.2 Å². The van der Waals surface area contributed by atoms with Gasteiger partial charge in [-0.05, 0) is 30.9 Å². The SMILES string of the molecule is CN1CCC(NC2CCc3cccnc32)C1=O. The van der Waals surface area contributed by atoms with Crippen LogP contribution in [0.25, 0.3) is 0 Å². The molecular weight excluding hydrogens is 214 g/mol. The van der Waals surface area contributed by atoms with Gasteiger partial charge in [0.2, 0.25) is 5.91 Å². The summed E-state index contributed by atoms with van der Waals surface area (Å²) in [4.78, 5) is 18.1. The molecule has 1 aliphatic carbocycles. The van der Waals surface area contributed by atoms with E-state index in [2.05, 4.69) is 16.4 Å². The van der Waals surface area contributed by atoms with E-state index < -0.39 is 0 Å². The maximum absolute atomic E-state index is 11.8. The minimum Gasteiger partial charge on any atom is -0.344 e. The molecule has 1 aliphatic heterocycles. The Kier molecular flexibility index (Phi) is 2.59. The molecule has 1 aromatic rings. The largest absolute Gasteiger partial charge is 0.344 e. The van der Waals surface area contributed by atoms with Gasteiger partial charge in [-0.15, -0.1) is 0 Å². The van der Waals surface area contributed by atoms with Gasteiger partial charge in [0.15, 0.2) is 0 Å². The minimum atomic E-state index is -0.0158. The van der Waals surface area contributed by atoms with Crippen LogP contribution in [0.15, 0.2) is 18.3 Å². The number of carbonyl (C=O) groups excluding carboxylic acids is 1. The third kappa shape index (κ3) is 1.82. The molecule has 0 radical (unpaired) electrons. The van der Waals surface area contributed by atoms with E-state index in [-0.39, 0.29) is 18.0 Å². The van der Waals surface area contributed by atoms with E-state index in [4.69, 9.17) is 0 Å². The molecule has 0 aromatic carbocycles. The van der Waals surface area contributed by atoms with Crippen LogP contribution >= 0.6 is 0 Å². The summed E-state index contributed by atoms with van der Waals surface area (Å²) >= 11 is 0. The molecule has 3 rings (SSSR count). The number of hydrogen-bond donors (Lipinski definition) is 1. The van der Waals surface area contributed by atoms with Gasteiger partial charge in [0.25, 0.3) is 0 Å². The molecule has 17 heavy (non-hydrogen) atoms. The zero-order valence-electron chi connectivity index (χ0n) is 10.0. The highest BCUT2D eigenvalue weighted by Crippen LogP contribution is 2.30.